The summed E-state index contributed by atoms with van der Waals surface area (Å²) < 4.78 is 0. The molecule has 1 rings (SSSR count). The van der Waals surface area contributed by atoms with Gasteiger partial charge in [-0.1, -0.05) is 18.1 Å². The molecule has 50 valence electrons. The van der Waals surface area contributed by atoms with Crippen molar-refractivity contribution >= 4 is 0 Å². The normalized spacial score (nSPS) is 8.90. The first-order valence-corrected chi connectivity index (χ1v) is 3.28. The van der Waals surface area contributed by atoms with Crippen LogP contribution in [0.1, 0.15) is 16.7 Å². The van der Waals surface area contributed by atoms with E-state index in [-0.39, 0.29) is 0 Å². The van der Waals surface area contributed by atoms with Gasteiger partial charge in [0, 0.05) is 5.56 Å². The molecule has 0 nitrogen and oxygen atoms in total. The molecular weight excluding hydrogens is 120 g/mol. The van der Waals surface area contributed by atoms with Gasteiger partial charge < -0.3 is 0 Å². The van der Waals surface area contributed by atoms with Crippen molar-refractivity contribution in [3.63, 3.8) is 0 Å². The summed E-state index contributed by atoms with van der Waals surface area (Å²) in [6, 6.07) is 6.13. The maximum atomic E-state index is 5.27. The minimum Gasteiger partial charge on any atom is -0.115 e. The van der Waals surface area contributed by atoms with Crippen LogP contribution in [0.2, 0.25) is 0 Å². The third-order valence-electron chi connectivity index (χ3n) is 1.55. The molecule has 0 aliphatic heterocycles. The molecular formula is C10H10. The van der Waals surface area contributed by atoms with Crippen molar-refractivity contribution in [3.8, 4) is 12.3 Å². The molecule has 0 saturated heterocycles. The lowest BCUT2D eigenvalue weighted by atomic mass is 10.1. The molecule has 0 aliphatic carbocycles. The molecule has 0 heteroatoms. The standard InChI is InChI=1S/C10H10/c1-4-10-7-8(2)5-6-9(10)3/h1,5-7H,2-3H3. The van der Waals surface area contributed by atoms with Gasteiger partial charge >= 0.3 is 0 Å². The molecule has 0 saturated carbocycles. The van der Waals surface area contributed by atoms with E-state index in [0.29, 0.717) is 0 Å². The molecule has 1 aromatic carbocycles. The highest BCUT2D eigenvalue weighted by Gasteiger charge is 1.92. The molecule has 10 heavy (non-hydrogen) atoms. The van der Waals surface area contributed by atoms with Crippen molar-refractivity contribution in [2.45, 2.75) is 13.8 Å². The molecule has 0 bridgehead atoms. The van der Waals surface area contributed by atoms with Crippen LogP contribution >= 0.6 is 0 Å². The topological polar surface area (TPSA) is 0 Å². The second-order valence-electron chi connectivity index (χ2n) is 2.46. The Morgan fingerprint density at radius 1 is 1.30 bits per heavy atom. The van der Waals surface area contributed by atoms with Gasteiger partial charge in [-0.15, -0.1) is 6.42 Å². The van der Waals surface area contributed by atoms with Crippen LogP contribution in [-0.4, -0.2) is 0 Å². The summed E-state index contributed by atoms with van der Waals surface area (Å²) >= 11 is 0. The minimum atomic E-state index is 1.00. The molecule has 1 aromatic rings. The first-order valence-electron chi connectivity index (χ1n) is 3.28. The van der Waals surface area contributed by atoms with Crippen LogP contribution in [0.25, 0.3) is 0 Å². The third-order valence-corrected chi connectivity index (χ3v) is 1.55. The predicted molar refractivity (Wildman–Crippen MR) is 43.9 cm³/mol. The van der Waals surface area contributed by atoms with Crippen molar-refractivity contribution < 1.29 is 0 Å². The quantitative estimate of drug-likeness (QED) is 0.473. The first-order chi connectivity index (χ1) is 4.74. The highest BCUT2D eigenvalue weighted by atomic mass is 14.0. The average Bonchev–Trinajstić information content (AvgIpc) is 1.94. The highest BCUT2D eigenvalue weighted by molar-refractivity contribution is 5.41. The molecule has 0 N–H and O–H groups in total. The van der Waals surface area contributed by atoms with E-state index in [1.807, 2.05) is 26.0 Å². The van der Waals surface area contributed by atoms with Gasteiger partial charge in [-0.3, -0.25) is 0 Å². The van der Waals surface area contributed by atoms with E-state index in [4.69, 9.17) is 6.42 Å². The Hall–Kier alpha value is -1.22. The highest BCUT2D eigenvalue weighted by Crippen LogP contribution is 2.08. The Kier molecular flexibility index (Phi) is 1.78. The Balaban J connectivity index is 3.25. The zero-order valence-electron chi connectivity index (χ0n) is 6.31. The summed E-state index contributed by atoms with van der Waals surface area (Å²) in [6.45, 7) is 4.06. The third kappa shape index (κ3) is 1.19. The molecule has 0 spiro atoms. The maximum absolute atomic E-state index is 5.27. The number of rotatable bonds is 0. The van der Waals surface area contributed by atoms with Gasteiger partial charge in [0.25, 0.3) is 0 Å². The predicted octanol–water partition coefficient (Wildman–Crippen LogP) is 2.28. The van der Waals surface area contributed by atoms with Gasteiger partial charge in [0.1, 0.15) is 0 Å². The summed E-state index contributed by atoms with van der Waals surface area (Å²) in [7, 11) is 0. The van der Waals surface area contributed by atoms with E-state index in [9.17, 15) is 0 Å². The molecule has 0 radical (unpaired) electrons. The zero-order valence-corrected chi connectivity index (χ0v) is 6.31. The summed E-state index contributed by atoms with van der Waals surface area (Å²) in [4.78, 5) is 0. The van der Waals surface area contributed by atoms with Crippen LogP contribution in [0.4, 0.5) is 0 Å². The smallest absolute Gasteiger partial charge is 0.0274 e. The Morgan fingerprint density at radius 3 is 2.50 bits per heavy atom. The zero-order chi connectivity index (χ0) is 7.56. The monoisotopic (exact) mass is 130 g/mol. The Morgan fingerprint density at radius 2 is 2.00 bits per heavy atom. The lowest BCUT2D eigenvalue weighted by molar-refractivity contribution is 1.37. The maximum Gasteiger partial charge on any atom is 0.0274 e. The molecule has 0 atom stereocenters. The van der Waals surface area contributed by atoms with E-state index in [0.717, 1.165) is 5.56 Å². The number of aryl methyl sites for hydroxylation is 2. The lowest BCUT2D eigenvalue weighted by Crippen LogP contribution is -1.81. The molecule has 0 aromatic heterocycles. The van der Waals surface area contributed by atoms with Crippen LogP contribution in [0.15, 0.2) is 18.2 Å². The van der Waals surface area contributed by atoms with Crippen molar-refractivity contribution in [2.75, 3.05) is 0 Å². The molecule has 0 unspecified atom stereocenters. The summed E-state index contributed by atoms with van der Waals surface area (Å²) in [5.41, 5.74) is 3.40. The second kappa shape index (κ2) is 2.58. The largest absolute Gasteiger partial charge is 0.115 e. The Labute approximate surface area is 61.9 Å². The van der Waals surface area contributed by atoms with E-state index < -0.39 is 0 Å². The van der Waals surface area contributed by atoms with E-state index in [2.05, 4.69) is 12.0 Å². The lowest BCUT2D eigenvalue weighted by Gasteiger charge is -1.97. The minimum absolute atomic E-state index is 1.00. The molecule has 0 fully saturated rings. The van der Waals surface area contributed by atoms with Crippen molar-refractivity contribution in [1.82, 2.24) is 0 Å². The first kappa shape index (κ1) is 6.89. The number of hydrogen-bond acceptors (Lipinski definition) is 0. The van der Waals surface area contributed by atoms with Gasteiger partial charge in [0.05, 0.1) is 0 Å². The van der Waals surface area contributed by atoms with Gasteiger partial charge in [0.2, 0.25) is 0 Å². The van der Waals surface area contributed by atoms with Crippen LogP contribution in [0, 0.1) is 26.2 Å². The van der Waals surface area contributed by atoms with Crippen molar-refractivity contribution in [2.24, 2.45) is 0 Å². The van der Waals surface area contributed by atoms with Gasteiger partial charge in [-0.25, -0.2) is 0 Å². The van der Waals surface area contributed by atoms with E-state index in [1.54, 1.807) is 0 Å². The summed E-state index contributed by atoms with van der Waals surface area (Å²) in [5.74, 6) is 2.64. The summed E-state index contributed by atoms with van der Waals surface area (Å²) in [5, 5.41) is 0. The SMILES string of the molecule is C#Cc1cc(C)ccc1C. The number of benzene rings is 1. The fourth-order valence-corrected chi connectivity index (χ4v) is 0.891. The van der Waals surface area contributed by atoms with Crippen molar-refractivity contribution in [1.29, 1.82) is 0 Å². The average molecular weight is 130 g/mol. The van der Waals surface area contributed by atoms with E-state index >= 15 is 0 Å². The summed E-state index contributed by atoms with van der Waals surface area (Å²) in [6.07, 6.45) is 5.27. The fraction of sp³-hybridized carbons (Fsp3) is 0.200. The Bertz CT molecular complexity index is 277. The van der Waals surface area contributed by atoms with Crippen LogP contribution < -0.4 is 0 Å². The van der Waals surface area contributed by atoms with Gasteiger partial charge in [-0.05, 0) is 31.0 Å². The molecule has 0 heterocycles. The molecule has 0 aliphatic rings. The second-order valence-corrected chi connectivity index (χ2v) is 2.46. The van der Waals surface area contributed by atoms with E-state index in [1.165, 1.54) is 11.1 Å². The molecule has 0 amide bonds. The van der Waals surface area contributed by atoms with Crippen LogP contribution in [0.5, 0.6) is 0 Å². The van der Waals surface area contributed by atoms with Gasteiger partial charge in [0.15, 0.2) is 0 Å². The number of terminal acetylenes is 1. The van der Waals surface area contributed by atoms with Crippen LogP contribution in [0.3, 0.4) is 0 Å². The van der Waals surface area contributed by atoms with Crippen molar-refractivity contribution in [3.05, 3.63) is 34.9 Å². The fourth-order valence-electron chi connectivity index (χ4n) is 0.891. The van der Waals surface area contributed by atoms with Gasteiger partial charge in [-0.2, -0.15) is 0 Å². The van der Waals surface area contributed by atoms with Crippen LogP contribution in [-0.2, 0) is 0 Å². The number of hydrogen-bond donors (Lipinski definition) is 0.